The fourth-order valence-electron chi connectivity index (χ4n) is 2.19. The molecule has 0 saturated carbocycles. The van der Waals surface area contributed by atoms with Crippen LogP contribution < -0.4 is 10.6 Å². The summed E-state index contributed by atoms with van der Waals surface area (Å²) in [6, 6.07) is 8.19. The Bertz CT molecular complexity index is 1030. The van der Waals surface area contributed by atoms with E-state index in [2.05, 4.69) is 10.6 Å². The molecule has 0 aromatic heterocycles. The van der Waals surface area contributed by atoms with Gasteiger partial charge in [0.2, 0.25) is 0 Å². The van der Waals surface area contributed by atoms with Crippen LogP contribution in [0.5, 0.6) is 0 Å². The number of rotatable bonds is 6. The predicted molar refractivity (Wildman–Crippen MR) is 106 cm³/mol. The Morgan fingerprint density at radius 1 is 1.04 bits per heavy atom. The molecule has 0 heterocycles. The van der Waals surface area contributed by atoms with Gasteiger partial charge in [0.1, 0.15) is 4.90 Å². The van der Waals surface area contributed by atoms with Crippen molar-refractivity contribution in [2.45, 2.75) is 4.90 Å². The normalized spacial score (nSPS) is 11.4. The molecule has 2 N–H and O–H groups in total. The Hall–Kier alpha value is -2.17. The summed E-state index contributed by atoms with van der Waals surface area (Å²) in [7, 11) is -0.204. The molecular weight excluding hydrogens is 429 g/mol. The second kappa shape index (κ2) is 8.89. The molecule has 2 aromatic rings. The van der Waals surface area contributed by atoms with Crippen molar-refractivity contribution >= 4 is 50.7 Å². The fraction of sp³-hybridized carbons (Fsp3) is 0.176. The molecule has 2 aromatic carbocycles. The molecule has 0 spiro atoms. The molecule has 0 aliphatic rings. The monoisotopic (exact) mass is 445 g/mol. The molecule has 2 rings (SSSR count). The largest absolute Gasteiger partial charge is 0.355 e. The minimum Gasteiger partial charge on any atom is -0.355 e. The number of benzene rings is 2. The summed E-state index contributed by atoms with van der Waals surface area (Å²) in [6.45, 7) is 0. The molecule has 0 fully saturated rings. The summed E-state index contributed by atoms with van der Waals surface area (Å²) in [4.78, 5) is 28.8. The number of amides is 2. The summed E-state index contributed by atoms with van der Waals surface area (Å²) in [6.07, 6.45) is 0. The van der Waals surface area contributed by atoms with Crippen molar-refractivity contribution in [3.63, 3.8) is 0 Å². The van der Waals surface area contributed by atoms with E-state index < -0.39 is 21.8 Å². The minimum absolute atomic E-state index is 0.0453. The van der Waals surface area contributed by atoms with Crippen LogP contribution in [-0.2, 0) is 14.9 Å². The number of hydrogen-bond acceptors (Lipinski definition) is 5. The van der Waals surface area contributed by atoms with E-state index in [1.54, 1.807) is 0 Å². The summed E-state index contributed by atoms with van der Waals surface area (Å²) in [5, 5.41) is 5.19. The molecule has 0 aliphatic carbocycles. The van der Waals surface area contributed by atoms with E-state index in [4.69, 9.17) is 28.0 Å². The molecule has 0 unspecified atom stereocenters. The molecular formula is C17H17Cl2N3O5S. The van der Waals surface area contributed by atoms with Crippen LogP contribution in [0.25, 0.3) is 0 Å². The lowest BCUT2D eigenvalue weighted by Gasteiger charge is -2.16. The first-order valence-electron chi connectivity index (χ1n) is 7.77. The lowest BCUT2D eigenvalue weighted by molar-refractivity contribution is -0.0258. The van der Waals surface area contributed by atoms with Crippen LogP contribution >= 0.6 is 23.2 Å². The maximum absolute atomic E-state index is 12.6. The smallest absolute Gasteiger partial charge is 0.266 e. The minimum atomic E-state index is -4.05. The summed E-state index contributed by atoms with van der Waals surface area (Å²) >= 11 is 12.0. The molecule has 0 radical (unpaired) electrons. The Morgan fingerprint density at radius 2 is 1.68 bits per heavy atom. The maximum Gasteiger partial charge on any atom is 0.266 e. The standard InChI is InChI=1S/C17H17Cl2N3O5S/c1-20-17(24)12-9-11(5-7-13(12)18)21-16(23)10-4-6-14(19)15(8-10)28(25,26)22(2)27-3/h4-9H,1-3H3,(H,20,24)(H,21,23). The van der Waals surface area contributed by atoms with E-state index in [-0.39, 0.29) is 26.1 Å². The average Bonchev–Trinajstić information content (AvgIpc) is 2.68. The first-order valence-corrected chi connectivity index (χ1v) is 9.97. The third kappa shape index (κ3) is 4.62. The Labute approximate surface area is 172 Å². The van der Waals surface area contributed by atoms with Gasteiger partial charge in [-0.05, 0) is 36.4 Å². The van der Waals surface area contributed by atoms with Gasteiger partial charge in [-0.3, -0.25) is 14.4 Å². The van der Waals surface area contributed by atoms with E-state index in [0.29, 0.717) is 10.2 Å². The molecule has 150 valence electrons. The van der Waals surface area contributed by atoms with Gasteiger partial charge in [-0.2, -0.15) is 0 Å². The number of nitrogens with zero attached hydrogens (tertiary/aromatic N) is 1. The van der Waals surface area contributed by atoms with Crippen LogP contribution in [-0.4, -0.2) is 45.9 Å². The Kier molecular flexibility index (Phi) is 7.02. The third-order valence-corrected chi connectivity index (χ3v) is 6.25. The van der Waals surface area contributed by atoms with E-state index >= 15 is 0 Å². The quantitative estimate of drug-likeness (QED) is 0.664. The zero-order valence-electron chi connectivity index (χ0n) is 15.1. The molecule has 0 atom stereocenters. The topological polar surface area (TPSA) is 105 Å². The number of sulfonamides is 1. The second-order valence-electron chi connectivity index (χ2n) is 5.47. The van der Waals surface area contributed by atoms with Crippen molar-refractivity contribution in [3.05, 3.63) is 57.6 Å². The Morgan fingerprint density at radius 3 is 2.29 bits per heavy atom. The van der Waals surface area contributed by atoms with Gasteiger partial charge in [0.25, 0.3) is 21.8 Å². The van der Waals surface area contributed by atoms with Gasteiger partial charge in [-0.25, -0.2) is 8.42 Å². The number of carbonyl (C=O) groups excluding carboxylic acids is 2. The van der Waals surface area contributed by atoms with Gasteiger partial charge >= 0.3 is 0 Å². The highest BCUT2D eigenvalue weighted by atomic mass is 35.5. The van der Waals surface area contributed by atoms with Crippen LogP contribution in [0.4, 0.5) is 5.69 Å². The van der Waals surface area contributed by atoms with Crippen LogP contribution in [0.2, 0.25) is 10.0 Å². The number of nitrogens with one attached hydrogen (secondary N) is 2. The zero-order valence-corrected chi connectivity index (χ0v) is 17.4. The van der Waals surface area contributed by atoms with Gasteiger partial charge in [-0.15, -0.1) is 0 Å². The maximum atomic E-state index is 12.6. The average molecular weight is 446 g/mol. The van der Waals surface area contributed by atoms with Gasteiger partial charge in [0.05, 0.1) is 22.7 Å². The van der Waals surface area contributed by atoms with Crippen molar-refractivity contribution in [1.82, 2.24) is 9.79 Å². The highest BCUT2D eigenvalue weighted by Crippen LogP contribution is 2.26. The molecule has 0 bridgehead atoms. The van der Waals surface area contributed by atoms with E-state index in [1.165, 1.54) is 51.5 Å². The lowest BCUT2D eigenvalue weighted by Crippen LogP contribution is -2.26. The number of anilines is 1. The van der Waals surface area contributed by atoms with Crippen molar-refractivity contribution in [3.8, 4) is 0 Å². The van der Waals surface area contributed by atoms with Crippen molar-refractivity contribution in [2.24, 2.45) is 0 Å². The SMILES string of the molecule is CNC(=O)c1cc(NC(=O)c2ccc(Cl)c(S(=O)(=O)N(C)OC)c2)ccc1Cl. The predicted octanol–water partition coefficient (Wildman–Crippen LogP) is 2.79. The number of hydrogen-bond donors (Lipinski definition) is 2. The molecule has 8 nitrogen and oxygen atoms in total. The lowest BCUT2D eigenvalue weighted by atomic mass is 10.1. The van der Waals surface area contributed by atoms with Gasteiger partial charge in [-0.1, -0.05) is 27.7 Å². The van der Waals surface area contributed by atoms with Crippen LogP contribution in [0, 0.1) is 0 Å². The molecule has 28 heavy (non-hydrogen) atoms. The van der Waals surface area contributed by atoms with Gasteiger partial charge in [0, 0.05) is 25.3 Å². The number of halogens is 2. The van der Waals surface area contributed by atoms with Gasteiger partial charge in [0.15, 0.2) is 0 Å². The number of hydroxylamine groups is 1. The van der Waals surface area contributed by atoms with E-state index in [1.807, 2.05) is 0 Å². The molecule has 0 saturated heterocycles. The first-order chi connectivity index (χ1) is 13.1. The van der Waals surface area contributed by atoms with Gasteiger partial charge < -0.3 is 10.6 Å². The highest BCUT2D eigenvalue weighted by Gasteiger charge is 2.25. The molecule has 2 amide bonds. The molecule has 0 aliphatic heterocycles. The van der Waals surface area contributed by atoms with E-state index in [9.17, 15) is 18.0 Å². The highest BCUT2D eigenvalue weighted by molar-refractivity contribution is 7.89. The van der Waals surface area contributed by atoms with Crippen LogP contribution in [0.1, 0.15) is 20.7 Å². The summed E-state index contributed by atoms with van der Waals surface area (Å²) < 4.78 is 25.5. The fourth-order valence-corrected chi connectivity index (χ4v) is 3.87. The summed E-state index contributed by atoms with van der Waals surface area (Å²) in [5.41, 5.74) is 0.536. The molecule has 11 heteroatoms. The second-order valence-corrected chi connectivity index (χ2v) is 8.19. The van der Waals surface area contributed by atoms with Crippen molar-refractivity contribution < 1.29 is 22.8 Å². The zero-order chi connectivity index (χ0) is 21.1. The van der Waals surface area contributed by atoms with Crippen molar-refractivity contribution in [1.29, 1.82) is 0 Å². The number of carbonyl (C=O) groups is 2. The first kappa shape index (κ1) is 22.1. The van der Waals surface area contributed by atoms with Crippen molar-refractivity contribution in [2.75, 3.05) is 26.5 Å². The summed E-state index contributed by atoms with van der Waals surface area (Å²) in [5.74, 6) is -1.01. The Balaban J connectivity index is 2.36. The van der Waals surface area contributed by atoms with Crippen LogP contribution in [0.15, 0.2) is 41.3 Å². The third-order valence-electron chi connectivity index (χ3n) is 3.76. The van der Waals surface area contributed by atoms with E-state index in [0.717, 1.165) is 6.07 Å². The van der Waals surface area contributed by atoms with Crippen LogP contribution in [0.3, 0.4) is 0 Å².